The minimum absolute atomic E-state index is 0.377. The van der Waals surface area contributed by atoms with Crippen molar-refractivity contribution in [2.24, 2.45) is 5.73 Å². The first-order valence-corrected chi connectivity index (χ1v) is 6.44. The molecule has 1 saturated carbocycles. The lowest BCUT2D eigenvalue weighted by molar-refractivity contribution is 0.311. The molecule has 0 unspecified atom stereocenters. The van der Waals surface area contributed by atoms with Crippen LogP contribution in [0.25, 0.3) is 0 Å². The first kappa shape index (κ1) is 10.9. The highest BCUT2D eigenvalue weighted by Gasteiger charge is 2.43. The molecule has 1 aliphatic carbocycles. The molecule has 1 fully saturated rings. The largest absolute Gasteiger partial charge is 0.490 e. The summed E-state index contributed by atoms with van der Waals surface area (Å²) in [4.78, 5) is 2.28. The van der Waals surface area contributed by atoms with E-state index in [9.17, 15) is 0 Å². The van der Waals surface area contributed by atoms with Crippen LogP contribution in [0.4, 0.5) is 5.69 Å². The monoisotopic (exact) mass is 232 g/mol. The summed E-state index contributed by atoms with van der Waals surface area (Å²) in [7, 11) is 2.13. The molecule has 3 heteroatoms. The van der Waals surface area contributed by atoms with E-state index < -0.39 is 0 Å². The molecular weight excluding hydrogens is 212 g/mol. The second-order valence-corrected chi connectivity index (χ2v) is 5.27. The lowest BCUT2D eigenvalue weighted by Crippen LogP contribution is -2.29. The van der Waals surface area contributed by atoms with Crippen molar-refractivity contribution in [1.29, 1.82) is 0 Å². The average Bonchev–Trinajstić information content (AvgIpc) is 3.11. The quantitative estimate of drug-likeness (QED) is 0.865. The minimum atomic E-state index is 0.377. The van der Waals surface area contributed by atoms with Crippen molar-refractivity contribution in [3.63, 3.8) is 0 Å². The zero-order valence-corrected chi connectivity index (χ0v) is 10.4. The molecular formula is C14H20N2O. The van der Waals surface area contributed by atoms with Crippen molar-refractivity contribution in [3.05, 3.63) is 23.8 Å². The average molecular weight is 232 g/mol. The van der Waals surface area contributed by atoms with E-state index >= 15 is 0 Å². The molecule has 0 amide bonds. The van der Waals surface area contributed by atoms with Crippen molar-refractivity contribution in [2.45, 2.75) is 24.7 Å². The van der Waals surface area contributed by atoms with E-state index in [0.29, 0.717) is 5.41 Å². The topological polar surface area (TPSA) is 38.5 Å². The van der Waals surface area contributed by atoms with Crippen LogP contribution in [-0.2, 0) is 5.41 Å². The summed E-state index contributed by atoms with van der Waals surface area (Å²) in [5.74, 6) is 1.02. The van der Waals surface area contributed by atoms with Crippen molar-refractivity contribution < 1.29 is 4.74 Å². The fraction of sp³-hybridized carbons (Fsp3) is 0.571. The van der Waals surface area contributed by atoms with E-state index in [2.05, 4.69) is 30.1 Å². The molecule has 1 aliphatic heterocycles. The fourth-order valence-electron chi connectivity index (χ4n) is 2.79. The van der Waals surface area contributed by atoms with E-state index in [-0.39, 0.29) is 0 Å². The normalized spacial score (nSPS) is 20.7. The molecule has 1 aromatic rings. The van der Waals surface area contributed by atoms with Crippen LogP contribution in [-0.4, -0.2) is 26.7 Å². The Hall–Kier alpha value is -1.22. The molecule has 3 rings (SSSR count). The molecule has 92 valence electrons. The third kappa shape index (κ3) is 1.78. The molecule has 1 heterocycles. The summed E-state index contributed by atoms with van der Waals surface area (Å²) in [5, 5.41) is 0. The maximum Gasteiger partial charge on any atom is 0.142 e. The van der Waals surface area contributed by atoms with Crippen LogP contribution in [0, 0.1) is 0 Å². The number of likely N-dealkylation sites (N-methyl/N-ethyl adjacent to an activating group) is 1. The number of hydrogen-bond acceptors (Lipinski definition) is 3. The second-order valence-electron chi connectivity index (χ2n) is 5.27. The first-order chi connectivity index (χ1) is 8.25. The van der Waals surface area contributed by atoms with Gasteiger partial charge in [0.1, 0.15) is 12.4 Å². The Labute approximate surface area is 103 Å². The van der Waals surface area contributed by atoms with E-state index in [1.54, 1.807) is 0 Å². The van der Waals surface area contributed by atoms with Crippen molar-refractivity contribution >= 4 is 5.69 Å². The molecule has 1 aromatic carbocycles. The van der Waals surface area contributed by atoms with Gasteiger partial charge in [-0.1, -0.05) is 6.07 Å². The Kier molecular flexibility index (Phi) is 2.51. The molecule has 2 aliphatic rings. The molecule has 17 heavy (non-hydrogen) atoms. The number of nitrogens with zero attached hydrogens (tertiary/aromatic N) is 1. The summed E-state index contributed by atoms with van der Waals surface area (Å²) >= 11 is 0. The Balaban J connectivity index is 1.95. The van der Waals surface area contributed by atoms with Gasteiger partial charge < -0.3 is 15.4 Å². The van der Waals surface area contributed by atoms with Gasteiger partial charge >= 0.3 is 0 Å². The van der Waals surface area contributed by atoms with E-state index in [1.807, 2.05) is 0 Å². The van der Waals surface area contributed by atoms with Crippen molar-refractivity contribution in [2.75, 3.05) is 31.6 Å². The Morgan fingerprint density at radius 3 is 2.94 bits per heavy atom. The van der Waals surface area contributed by atoms with Gasteiger partial charge in [0, 0.05) is 7.05 Å². The molecule has 0 bridgehead atoms. The summed E-state index contributed by atoms with van der Waals surface area (Å²) in [6, 6.07) is 6.65. The Morgan fingerprint density at radius 2 is 2.24 bits per heavy atom. The number of anilines is 1. The standard InChI is InChI=1S/C14H20N2O/c1-16-8-9-17-13-3-2-11(10-12(13)16)14(4-5-14)6-7-15/h2-3,10H,4-9,15H2,1H3. The molecule has 0 radical (unpaired) electrons. The first-order valence-electron chi connectivity index (χ1n) is 6.44. The van der Waals surface area contributed by atoms with Crippen LogP contribution in [0.15, 0.2) is 18.2 Å². The zero-order chi connectivity index (χ0) is 11.9. The number of nitrogens with two attached hydrogens (primary N) is 1. The highest BCUT2D eigenvalue weighted by atomic mass is 16.5. The molecule has 0 aromatic heterocycles. The maximum absolute atomic E-state index is 5.72. The van der Waals surface area contributed by atoms with Crippen LogP contribution in [0.3, 0.4) is 0 Å². The van der Waals surface area contributed by atoms with Gasteiger partial charge in [0.15, 0.2) is 0 Å². The fourth-order valence-corrected chi connectivity index (χ4v) is 2.79. The van der Waals surface area contributed by atoms with Crippen LogP contribution >= 0.6 is 0 Å². The van der Waals surface area contributed by atoms with Crippen molar-refractivity contribution in [3.8, 4) is 5.75 Å². The van der Waals surface area contributed by atoms with Crippen LogP contribution in [0.5, 0.6) is 5.75 Å². The zero-order valence-electron chi connectivity index (χ0n) is 10.4. The van der Waals surface area contributed by atoms with Gasteiger partial charge in [0.25, 0.3) is 0 Å². The molecule has 0 atom stereocenters. The highest BCUT2D eigenvalue weighted by Crippen LogP contribution is 2.52. The number of rotatable bonds is 3. The van der Waals surface area contributed by atoms with Gasteiger partial charge in [-0.25, -0.2) is 0 Å². The molecule has 0 saturated heterocycles. The SMILES string of the molecule is CN1CCOc2ccc(C3(CCN)CC3)cc21. The van der Waals surface area contributed by atoms with Crippen LogP contribution < -0.4 is 15.4 Å². The lowest BCUT2D eigenvalue weighted by atomic mass is 9.91. The van der Waals surface area contributed by atoms with Crippen LogP contribution in [0.2, 0.25) is 0 Å². The Morgan fingerprint density at radius 1 is 1.41 bits per heavy atom. The van der Waals surface area contributed by atoms with Gasteiger partial charge in [-0.15, -0.1) is 0 Å². The molecule has 2 N–H and O–H groups in total. The smallest absolute Gasteiger partial charge is 0.142 e. The summed E-state index contributed by atoms with van der Waals surface area (Å²) in [6.45, 7) is 2.54. The third-order valence-electron chi connectivity index (χ3n) is 4.14. The minimum Gasteiger partial charge on any atom is -0.490 e. The second kappa shape index (κ2) is 3.91. The van der Waals surface area contributed by atoms with Gasteiger partial charge in [-0.2, -0.15) is 0 Å². The number of benzene rings is 1. The van der Waals surface area contributed by atoms with E-state index in [4.69, 9.17) is 10.5 Å². The van der Waals surface area contributed by atoms with Gasteiger partial charge in [0.2, 0.25) is 0 Å². The van der Waals surface area contributed by atoms with Crippen molar-refractivity contribution in [1.82, 2.24) is 0 Å². The Bertz CT molecular complexity index is 426. The summed E-state index contributed by atoms with van der Waals surface area (Å²) < 4.78 is 5.68. The number of fused-ring (bicyclic) bond motifs is 1. The van der Waals surface area contributed by atoms with Crippen LogP contribution in [0.1, 0.15) is 24.8 Å². The molecule has 0 spiro atoms. The predicted octanol–water partition coefficient (Wildman–Crippen LogP) is 1.90. The highest BCUT2D eigenvalue weighted by molar-refractivity contribution is 5.62. The lowest BCUT2D eigenvalue weighted by Gasteiger charge is -2.29. The van der Waals surface area contributed by atoms with E-state index in [0.717, 1.165) is 31.9 Å². The third-order valence-corrected chi connectivity index (χ3v) is 4.14. The molecule has 3 nitrogen and oxygen atoms in total. The van der Waals surface area contributed by atoms with Gasteiger partial charge in [-0.3, -0.25) is 0 Å². The summed E-state index contributed by atoms with van der Waals surface area (Å²) in [5.41, 5.74) is 8.78. The predicted molar refractivity (Wildman–Crippen MR) is 69.8 cm³/mol. The maximum atomic E-state index is 5.72. The van der Waals surface area contributed by atoms with Gasteiger partial charge in [-0.05, 0) is 48.9 Å². The number of hydrogen-bond donors (Lipinski definition) is 1. The number of ether oxygens (including phenoxy) is 1. The van der Waals surface area contributed by atoms with Gasteiger partial charge in [0.05, 0.1) is 12.2 Å². The van der Waals surface area contributed by atoms with E-state index in [1.165, 1.54) is 24.1 Å². The summed E-state index contributed by atoms with van der Waals surface area (Å²) in [6.07, 6.45) is 3.68.